The quantitative estimate of drug-likeness (QED) is 0.799. The summed E-state index contributed by atoms with van der Waals surface area (Å²) >= 11 is 1.49. The molecule has 4 heteroatoms. The highest BCUT2D eigenvalue weighted by Crippen LogP contribution is 2.31. The average Bonchev–Trinajstić information content (AvgIpc) is 2.55. The number of methoxy groups -OCH3 is 1. The Balaban J connectivity index is 2.34. The van der Waals surface area contributed by atoms with E-state index < -0.39 is 0 Å². The monoisotopic (exact) mass is 297 g/mol. The Morgan fingerprint density at radius 2 is 1.95 bits per heavy atom. The molecule has 0 aromatic heterocycles. The highest BCUT2D eigenvalue weighted by molar-refractivity contribution is 7.99. The first-order chi connectivity index (χ1) is 10.2. The van der Waals surface area contributed by atoms with Crippen LogP contribution in [-0.2, 0) is 11.2 Å². The molecule has 3 nitrogen and oxygen atoms in total. The van der Waals surface area contributed by atoms with Crippen LogP contribution in [0.25, 0.3) is 0 Å². The van der Waals surface area contributed by atoms with E-state index in [4.69, 9.17) is 10.00 Å². The highest BCUT2D eigenvalue weighted by Gasteiger charge is 2.13. The molecule has 0 spiro atoms. The van der Waals surface area contributed by atoms with E-state index in [0.29, 0.717) is 11.1 Å². The van der Waals surface area contributed by atoms with Crippen LogP contribution in [0.5, 0.6) is 0 Å². The number of ether oxygens (including phenoxy) is 1. The summed E-state index contributed by atoms with van der Waals surface area (Å²) in [6.45, 7) is 2.05. The van der Waals surface area contributed by atoms with Crippen molar-refractivity contribution in [3.05, 3.63) is 59.2 Å². The first-order valence-electron chi connectivity index (χ1n) is 6.57. The van der Waals surface area contributed by atoms with Crippen molar-refractivity contribution in [3.8, 4) is 6.07 Å². The molecule has 0 fully saturated rings. The maximum absolute atomic E-state index is 11.9. The summed E-state index contributed by atoms with van der Waals surface area (Å²) in [5.41, 5.74) is 2.29. The number of aryl methyl sites for hydroxylation is 1. The zero-order chi connectivity index (χ0) is 15.2. The van der Waals surface area contributed by atoms with E-state index in [9.17, 15) is 4.79 Å². The largest absolute Gasteiger partial charge is 0.465 e. The number of hydrogen-bond donors (Lipinski definition) is 0. The second-order valence-corrected chi connectivity index (χ2v) is 5.53. The fourth-order valence-electron chi connectivity index (χ4n) is 1.88. The van der Waals surface area contributed by atoms with E-state index in [1.807, 2.05) is 37.3 Å². The number of hydrogen-bond acceptors (Lipinski definition) is 4. The first kappa shape index (κ1) is 15.1. The van der Waals surface area contributed by atoms with Crippen LogP contribution in [0.2, 0.25) is 0 Å². The number of esters is 1. The molecule has 0 bridgehead atoms. The smallest absolute Gasteiger partial charge is 0.339 e. The minimum Gasteiger partial charge on any atom is -0.465 e. The normalized spacial score (nSPS) is 9.95. The van der Waals surface area contributed by atoms with Crippen LogP contribution in [0, 0.1) is 11.3 Å². The lowest BCUT2D eigenvalue weighted by atomic mass is 10.1. The molecule has 21 heavy (non-hydrogen) atoms. The minimum atomic E-state index is -0.332. The second-order valence-electron chi connectivity index (χ2n) is 4.41. The first-order valence-corrected chi connectivity index (χ1v) is 7.38. The van der Waals surface area contributed by atoms with Gasteiger partial charge in [0.25, 0.3) is 0 Å². The summed E-state index contributed by atoms with van der Waals surface area (Å²) < 4.78 is 4.86. The van der Waals surface area contributed by atoms with E-state index in [0.717, 1.165) is 21.8 Å². The lowest BCUT2D eigenvalue weighted by Crippen LogP contribution is -2.04. The Kier molecular flexibility index (Phi) is 5.02. The molecule has 0 saturated carbocycles. The lowest BCUT2D eigenvalue weighted by Gasteiger charge is -2.09. The second kappa shape index (κ2) is 6.96. The maximum atomic E-state index is 11.9. The van der Waals surface area contributed by atoms with Gasteiger partial charge in [-0.15, -0.1) is 0 Å². The Labute approximate surface area is 128 Å². The molecule has 0 unspecified atom stereocenters. The molecule has 2 aromatic carbocycles. The molecule has 0 atom stereocenters. The topological polar surface area (TPSA) is 50.1 Å². The van der Waals surface area contributed by atoms with Crippen LogP contribution < -0.4 is 0 Å². The van der Waals surface area contributed by atoms with Crippen molar-refractivity contribution in [1.82, 2.24) is 0 Å². The molecule has 0 heterocycles. The van der Waals surface area contributed by atoms with Gasteiger partial charge in [-0.05, 0) is 48.4 Å². The van der Waals surface area contributed by atoms with Gasteiger partial charge in [-0.25, -0.2) is 4.79 Å². The average molecular weight is 297 g/mol. The van der Waals surface area contributed by atoms with E-state index in [-0.39, 0.29) is 5.97 Å². The standard InChI is InChI=1S/C17H15NO2S/c1-3-12-6-9-16(15(10-12)17(19)20-2)21-14-7-4-13(11-18)5-8-14/h4-10H,3H2,1-2H3. The van der Waals surface area contributed by atoms with Crippen molar-refractivity contribution in [3.63, 3.8) is 0 Å². The molecule has 0 radical (unpaired) electrons. The molecule has 0 amide bonds. The molecule has 2 rings (SSSR count). The van der Waals surface area contributed by atoms with Gasteiger partial charge in [-0.3, -0.25) is 0 Å². The molecular formula is C17H15NO2S. The van der Waals surface area contributed by atoms with E-state index in [2.05, 4.69) is 6.07 Å². The summed E-state index contributed by atoms with van der Waals surface area (Å²) in [6.07, 6.45) is 0.867. The Morgan fingerprint density at radius 3 is 2.52 bits per heavy atom. The van der Waals surface area contributed by atoms with Crippen LogP contribution in [0.1, 0.15) is 28.4 Å². The number of carbonyl (C=O) groups is 1. The number of benzene rings is 2. The maximum Gasteiger partial charge on any atom is 0.339 e. The van der Waals surface area contributed by atoms with Crippen molar-refractivity contribution in [2.75, 3.05) is 7.11 Å². The van der Waals surface area contributed by atoms with Gasteiger partial charge < -0.3 is 4.74 Å². The van der Waals surface area contributed by atoms with E-state index >= 15 is 0 Å². The van der Waals surface area contributed by atoms with Gasteiger partial charge in [-0.2, -0.15) is 5.26 Å². The Morgan fingerprint density at radius 1 is 1.24 bits per heavy atom. The van der Waals surface area contributed by atoms with E-state index in [1.165, 1.54) is 18.9 Å². The molecule has 2 aromatic rings. The van der Waals surface area contributed by atoms with Gasteiger partial charge in [-0.1, -0.05) is 24.8 Å². The number of nitriles is 1. The predicted octanol–water partition coefficient (Wildman–Crippen LogP) is 4.06. The van der Waals surface area contributed by atoms with Crippen LogP contribution >= 0.6 is 11.8 Å². The van der Waals surface area contributed by atoms with Crippen LogP contribution in [0.4, 0.5) is 0 Å². The SMILES string of the molecule is CCc1ccc(Sc2ccc(C#N)cc2)c(C(=O)OC)c1. The third kappa shape index (κ3) is 3.65. The third-order valence-corrected chi connectivity index (χ3v) is 4.15. The minimum absolute atomic E-state index is 0.332. The zero-order valence-corrected chi connectivity index (χ0v) is 12.7. The van der Waals surface area contributed by atoms with E-state index in [1.54, 1.807) is 12.1 Å². The summed E-state index contributed by atoms with van der Waals surface area (Å²) in [6, 6.07) is 15.2. The van der Waals surface area contributed by atoms with Crippen molar-refractivity contribution in [2.24, 2.45) is 0 Å². The summed E-state index contributed by atoms with van der Waals surface area (Å²) in [7, 11) is 1.39. The Bertz CT molecular complexity index is 687. The van der Waals surface area contributed by atoms with Gasteiger partial charge in [0.15, 0.2) is 0 Å². The predicted molar refractivity (Wildman–Crippen MR) is 82.4 cm³/mol. The fraction of sp³-hybridized carbons (Fsp3) is 0.176. The van der Waals surface area contributed by atoms with Crippen molar-refractivity contribution in [2.45, 2.75) is 23.1 Å². The van der Waals surface area contributed by atoms with Crippen molar-refractivity contribution < 1.29 is 9.53 Å². The molecule has 0 saturated heterocycles. The van der Waals surface area contributed by atoms with Gasteiger partial charge in [0.2, 0.25) is 0 Å². The zero-order valence-electron chi connectivity index (χ0n) is 11.9. The lowest BCUT2D eigenvalue weighted by molar-refractivity contribution is 0.0596. The van der Waals surface area contributed by atoms with Crippen LogP contribution in [-0.4, -0.2) is 13.1 Å². The van der Waals surface area contributed by atoms with Gasteiger partial charge in [0.05, 0.1) is 24.3 Å². The van der Waals surface area contributed by atoms with Gasteiger partial charge >= 0.3 is 5.97 Å². The number of rotatable bonds is 4. The highest BCUT2D eigenvalue weighted by atomic mass is 32.2. The molecule has 106 valence electrons. The van der Waals surface area contributed by atoms with Gasteiger partial charge in [0.1, 0.15) is 0 Å². The number of nitrogens with zero attached hydrogens (tertiary/aromatic N) is 1. The summed E-state index contributed by atoms with van der Waals surface area (Å²) in [5, 5.41) is 8.81. The molecule has 0 aliphatic carbocycles. The van der Waals surface area contributed by atoms with Crippen molar-refractivity contribution >= 4 is 17.7 Å². The van der Waals surface area contributed by atoms with Gasteiger partial charge in [0, 0.05) is 9.79 Å². The third-order valence-electron chi connectivity index (χ3n) is 3.07. The Hall–Kier alpha value is -2.25. The number of carbonyl (C=O) groups excluding carboxylic acids is 1. The van der Waals surface area contributed by atoms with Crippen molar-refractivity contribution in [1.29, 1.82) is 5.26 Å². The molecule has 0 aliphatic heterocycles. The van der Waals surface area contributed by atoms with Crippen LogP contribution in [0.15, 0.2) is 52.3 Å². The fourth-order valence-corrected chi connectivity index (χ4v) is 2.79. The summed E-state index contributed by atoms with van der Waals surface area (Å²) in [5.74, 6) is -0.332. The summed E-state index contributed by atoms with van der Waals surface area (Å²) in [4.78, 5) is 13.7. The van der Waals surface area contributed by atoms with Crippen LogP contribution in [0.3, 0.4) is 0 Å². The molecular weight excluding hydrogens is 282 g/mol. The molecule has 0 aliphatic rings. The molecule has 0 N–H and O–H groups in total.